The van der Waals surface area contributed by atoms with Crippen molar-refractivity contribution >= 4 is 14.7 Å². The number of hydrogen-bond donors (Lipinski definition) is 1. The zero-order chi connectivity index (χ0) is 10.6. The van der Waals surface area contributed by atoms with Gasteiger partial charge in [0, 0.05) is 5.22 Å². The number of ether oxygens (including phenoxy) is 1. The predicted octanol–water partition coefficient (Wildman–Crippen LogP) is 0.608. The lowest BCUT2D eigenvalue weighted by Crippen LogP contribution is -2.36. The smallest absolute Gasteiger partial charge is 0.119 e. The van der Waals surface area contributed by atoms with Crippen molar-refractivity contribution in [1.29, 1.82) is 0 Å². The fraction of sp³-hybridized carbons (Fsp3) is 0.455. The minimum atomic E-state index is -0.603. The molecular formula is C11H18O2Si. The molecule has 1 N–H and O–H groups in total. The molecule has 0 amide bonds. The fourth-order valence-electron chi connectivity index (χ4n) is 1.37. The van der Waals surface area contributed by atoms with Crippen LogP contribution in [0.3, 0.4) is 0 Å². The first-order valence-electron chi connectivity index (χ1n) is 4.95. The minimum absolute atomic E-state index is 0.507. The van der Waals surface area contributed by atoms with Gasteiger partial charge in [0.2, 0.25) is 0 Å². The van der Waals surface area contributed by atoms with E-state index in [1.54, 1.807) is 0 Å². The minimum Gasteiger partial charge on any atom is -0.494 e. The van der Waals surface area contributed by atoms with Crippen molar-refractivity contribution in [3.63, 3.8) is 0 Å². The first kappa shape index (κ1) is 11.3. The lowest BCUT2D eigenvalue weighted by Gasteiger charge is -2.16. The van der Waals surface area contributed by atoms with Crippen molar-refractivity contribution < 1.29 is 9.84 Å². The summed E-state index contributed by atoms with van der Waals surface area (Å²) in [4.78, 5) is 0. The summed E-state index contributed by atoms with van der Waals surface area (Å²) in [6.45, 7) is 6.41. The number of rotatable bonds is 4. The van der Waals surface area contributed by atoms with E-state index in [1.807, 2.05) is 32.9 Å². The van der Waals surface area contributed by atoms with Crippen LogP contribution in [0, 0.1) is 0 Å². The molecule has 0 aliphatic heterocycles. The van der Waals surface area contributed by atoms with Crippen molar-refractivity contribution in [2.24, 2.45) is 0 Å². The molecule has 1 rings (SSSR count). The van der Waals surface area contributed by atoms with E-state index in [0.29, 0.717) is 6.61 Å². The summed E-state index contributed by atoms with van der Waals surface area (Å²) in [6.07, 6.45) is 0. The standard InChI is InChI=1S/C11H18O2Si/c1-4-13-9-5-7-10(8-6-9)14-11(2,3)12/h5-8,12H,4,14H2,1-3H3. The van der Waals surface area contributed by atoms with Gasteiger partial charge in [-0.05, 0) is 32.9 Å². The average molecular weight is 210 g/mol. The second kappa shape index (κ2) is 4.62. The van der Waals surface area contributed by atoms with Crippen LogP contribution in [0.15, 0.2) is 24.3 Å². The average Bonchev–Trinajstić information content (AvgIpc) is 2.06. The molecule has 0 aliphatic rings. The zero-order valence-electron chi connectivity index (χ0n) is 9.08. The molecule has 0 unspecified atom stereocenters. The third-order valence-corrected chi connectivity index (χ3v) is 3.62. The molecule has 0 saturated carbocycles. The van der Waals surface area contributed by atoms with E-state index in [2.05, 4.69) is 12.1 Å². The van der Waals surface area contributed by atoms with Gasteiger partial charge >= 0.3 is 0 Å². The maximum absolute atomic E-state index is 9.67. The maximum Gasteiger partial charge on any atom is 0.119 e. The second-order valence-electron chi connectivity index (χ2n) is 4.07. The molecule has 0 radical (unpaired) electrons. The quantitative estimate of drug-likeness (QED) is 0.738. The normalized spacial score (nSPS) is 12.3. The summed E-state index contributed by atoms with van der Waals surface area (Å²) in [5.41, 5.74) is 0. The van der Waals surface area contributed by atoms with E-state index in [0.717, 1.165) is 5.75 Å². The SMILES string of the molecule is CCOc1ccc([SiH2]C(C)(C)O)cc1. The van der Waals surface area contributed by atoms with Crippen molar-refractivity contribution in [3.8, 4) is 5.75 Å². The summed E-state index contributed by atoms with van der Waals surface area (Å²) in [5, 5.41) is 10.4. The van der Waals surface area contributed by atoms with Gasteiger partial charge in [-0.15, -0.1) is 0 Å². The predicted molar refractivity (Wildman–Crippen MR) is 62.1 cm³/mol. The van der Waals surface area contributed by atoms with Crippen LogP contribution in [0.4, 0.5) is 0 Å². The van der Waals surface area contributed by atoms with Gasteiger partial charge in [0.25, 0.3) is 0 Å². The van der Waals surface area contributed by atoms with Crippen LogP contribution >= 0.6 is 0 Å². The molecule has 0 aliphatic carbocycles. The summed E-state index contributed by atoms with van der Waals surface area (Å²) < 4.78 is 5.34. The monoisotopic (exact) mass is 210 g/mol. The Bertz CT molecular complexity index is 274. The van der Waals surface area contributed by atoms with Crippen LogP contribution in [0.2, 0.25) is 0 Å². The molecule has 0 spiro atoms. The van der Waals surface area contributed by atoms with E-state index in [-0.39, 0.29) is 0 Å². The Morgan fingerprint density at radius 1 is 1.29 bits per heavy atom. The number of benzene rings is 1. The van der Waals surface area contributed by atoms with Crippen LogP contribution in [0.1, 0.15) is 20.8 Å². The van der Waals surface area contributed by atoms with Crippen LogP contribution in [-0.2, 0) is 0 Å². The summed E-state index contributed by atoms with van der Waals surface area (Å²) in [5.74, 6) is 0.904. The molecule has 0 atom stereocenters. The molecule has 3 heteroatoms. The molecule has 78 valence electrons. The Morgan fingerprint density at radius 2 is 1.86 bits per heavy atom. The highest BCUT2D eigenvalue weighted by molar-refractivity contribution is 6.56. The van der Waals surface area contributed by atoms with E-state index >= 15 is 0 Å². The Morgan fingerprint density at radius 3 is 2.29 bits per heavy atom. The van der Waals surface area contributed by atoms with Crippen molar-refractivity contribution in [1.82, 2.24) is 0 Å². The van der Waals surface area contributed by atoms with E-state index < -0.39 is 14.7 Å². The van der Waals surface area contributed by atoms with Gasteiger partial charge in [0.05, 0.1) is 16.1 Å². The summed E-state index contributed by atoms with van der Waals surface area (Å²) >= 11 is 0. The highest BCUT2D eigenvalue weighted by Crippen LogP contribution is 2.07. The van der Waals surface area contributed by atoms with Gasteiger partial charge in [-0.25, -0.2) is 0 Å². The third kappa shape index (κ3) is 3.94. The first-order valence-corrected chi connectivity index (χ1v) is 6.37. The largest absolute Gasteiger partial charge is 0.494 e. The van der Waals surface area contributed by atoms with Crippen molar-refractivity contribution in [2.45, 2.75) is 26.0 Å². The highest BCUT2D eigenvalue weighted by atomic mass is 28.2. The Hall–Kier alpha value is -0.803. The van der Waals surface area contributed by atoms with Gasteiger partial charge in [-0.1, -0.05) is 17.3 Å². The zero-order valence-corrected chi connectivity index (χ0v) is 10.5. The Kier molecular flexibility index (Phi) is 3.72. The number of hydrogen-bond acceptors (Lipinski definition) is 2. The van der Waals surface area contributed by atoms with Crippen LogP contribution in [0.25, 0.3) is 0 Å². The topological polar surface area (TPSA) is 29.5 Å². The van der Waals surface area contributed by atoms with Gasteiger partial charge in [-0.3, -0.25) is 0 Å². The Labute approximate surface area is 87.7 Å². The first-order chi connectivity index (χ1) is 6.51. The van der Waals surface area contributed by atoms with Crippen molar-refractivity contribution in [2.75, 3.05) is 6.61 Å². The molecular weight excluding hydrogens is 192 g/mol. The molecule has 2 nitrogen and oxygen atoms in total. The molecule has 0 saturated heterocycles. The van der Waals surface area contributed by atoms with Gasteiger partial charge in [0.15, 0.2) is 0 Å². The molecule has 14 heavy (non-hydrogen) atoms. The molecule has 0 fully saturated rings. The number of aliphatic hydroxyl groups is 1. The summed E-state index contributed by atoms with van der Waals surface area (Å²) in [6, 6.07) is 8.04. The van der Waals surface area contributed by atoms with E-state index in [1.165, 1.54) is 5.19 Å². The van der Waals surface area contributed by atoms with E-state index in [9.17, 15) is 5.11 Å². The molecule has 0 aromatic heterocycles. The third-order valence-electron chi connectivity index (χ3n) is 1.87. The van der Waals surface area contributed by atoms with Crippen LogP contribution < -0.4 is 9.92 Å². The molecule has 1 aromatic rings. The lowest BCUT2D eigenvalue weighted by molar-refractivity contribution is 0.167. The van der Waals surface area contributed by atoms with Gasteiger partial charge in [0.1, 0.15) is 5.75 Å². The molecule has 0 bridgehead atoms. The van der Waals surface area contributed by atoms with Gasteiger partial charge < -0.3 is 9.84 Å². The van der Waals surface area contributed by atoms with E-state index in [4.69, 9.17) is 4.74 Å². The highest BCUT2D eigenvalue weighted by Gasteiger charge is 2.13. The maximum atomic E-state index is 9.67. The molecule has 1 aromatic carbocycles. The van der Waals surface area contributed by atoms with Gasteiger partial charge in [-0.2, -0.15) is 0 Å². The van der Waals surface area contributed by atoms with Crippen LogP contribution in [-0.4, -0.2) is 26.5 Å². The van der Waals surface area contributed by atoms with Crippen LogP contribution in [0.5, 0.6) is 5.75 Å². The van der Waals surface area contributed by atoms with Crippen molar-refractivity contribution in [3.05, 3.63) is 24.3 Å². The second-order valence-corrected chi connectivity index (χ2v) is 6.97. The molecule has 0 heterocycles. The lowest BCUT2D eigenvalue weighted by atomic mass is 10.3. The Balaban J connectivity index is 2.64. The fourth-order valence-corrected chi connectivity index (χ4v) is 2.84. The summed E-state index contributed by atoms with van der Waals surface area (Å²) in [7, 11) is -0.603.